The summed E-state index contributed by atoms with van der Waals surface area (Å²) in [4.78, 5) is 2.60. The van der Waals surface area contributed by atoms with Crippen molar-refractivity contribution >= 4 is 81.3 Å². The number of thiophene rings is 1. The minimum atomic E-state index is 1.18. The van der Waals surface area contributed by atoms with Crippen LogP contribution in [0.1, 0.15) is 0 Å². The first-order valence-corrected chi connectivity index (χ1v) is 14.9. The molecule has 0 aliphatic heterocycles. The summed E-state index contributed by atoms with van der Waals surface area (Å²) >= 11 is 1.90. The number of nitrogens with zero attached hydrogens (tertiary/aromatic N) is 2. The summed E-state index contributed by atoms with van der Waals surface area (Å²) in [5, 5.41) is 10.5. The van der Waals surface area contributed by atoms with Gasteiger partial charge in [0.05, 0.1) is 22.1 Å². The quantitative estimate of drug-likeness (QED) is 0.207. The molecule has 190 valence electrons. The zero-order valence-electron chi connectivity index (χ0n) is 22.0. The van der Waals surface area contributed by atoms with Crippen LogP contribution in [-0.2, 0) is 0 Å². The molecule has 0 bridgehead atoms. The second-order valence-corrected chi connectivity index (χ2v) is 12.0. The van der Waals surface area contributed by atoms with E-state index in [0.717, 1.165) is 0 Å². The van der Waals surface area contributed by atoms with Gasteiger partial charge < -0.3 is 4.57 Å². The molecule has 4 aromatic heterocycles. The molecule has 3 heteroatoms. The third kappa shape index (κ3) is 2.76. The van der Waals surface area contributed by atoms with Crippen molar-refractivity contribution in [2.24, 2.45) is 0 Å². The van der Waals surface area contributed by atoms with E-state index in [-0.39, 0.29) is 0 Å². The van der Waals surface area contributed by atoms with Crippen LogP contribution in [-0.4, -0.2) is 8.97 Å². The lowest BCUT2D eigenvalue weighted by atomic mass is 10.00. The molecule has 0 fully saturated rings. The molecule has 0 aliphatic rings. The van der Waals surface area contributed by atoms with Gasteiger partial charge in [-0.3, -0.25) is 4.40 Å². The van der Waals surface area contributed by atoms with E-state index in [1.807, 2.05) is 11.3 Å². The average Bonchev–Trinajstić information content (AvgIpc) is 3.71. The minimum absolute atomic E-state index is 1.18. The first-order valence-electron chi connectivity index (χ1n) is 14.0. The number of pyridine rings is 1. The van der Waals surface area contributed by atoms with Crippen molar-refractivity contribution in [2.45, 2.75) is 0 Å². The van der Waals surface area contributed by atoms with Gasteiger partial charge in [0.25, 0.3) is 0 Å². The Morgan fingerprint density at radius 2 is 1.17 bits per heavy atom. The van der Waals surface area contributed by atoms with Crippen LogP contribution >= 0.6 is 11.3 Å². The van der Waals surface area contributed by atoms with Crippen LogP contribution < -0.4 is 0 Å². The molecule has 0 aliphatic carbocycles. The smallest absolute Gasteiger partial charge is 0.109 e. The molecule has 10 aromatic rings. The highest BCUT2D eigenvalue weighted by atomic mass is 32.1. The van der Waals surface area contributed by atoms with Crippen LogP contribution in [0.5, 0.6) is 0 Å². The van der Waals surface area contributed by atoms with Crippen molar-refractivity contribution in [3.63, 3.8) is 0 Å². The van der Waals surface area contributed by atoms with Crippen molar-refractivity contribution in [3.8, 4) is 16.1 Å². The maximum absolute atomic E-state index is 2.52. The second kappa shape index (κ2) is 7.75. The fourth-order valence-electron chi connectivity index (χ4n) is 7.12. The van der Waals surface area contributed by atoms with E-state index in [9.17, 15) is 0 Å². The van der Waals surface area contributed by atoms with Gasteiger partial charge in [0, 0.05) is 42.9 Å². The summed E-state index contributed by atoms with van der Waals surface area (Å²) < 4.78 is 4.92. The molecule has 0 N–H and O–H groups in total. The van der Waals surface area contributed by atoms with Gasteiger partial charge in [0.2, 0.25) is 0 Å². The molecular formula is C38H22N2S. The highest BCUT2D eigenvalue weighted by molar-refractivity contribution is 7.22. The summed E-state index contributed by atoms with van der Waals surface area (Å²) in [7, 11) is 0. The van der Waals surface area contributed by atoms with E-state index < -0.39 is 0 Å². The van der Waals surface area contributed by atoms with E-state index in [1.54, 1.807) is 0 Å². The van der Waals surface area contributed by atoms with Crippen molar-refractivity contribution in [3.05, 3.63) is 133 Å². The summed E-state index contributed by atoms with van der Waals surface area (Å²) in [6.45, 7) is 0. The van der Waals surface area contributed by atoms with Gasteiger partial charge in [-0.25, -0.2) is 0 Å². The van der Waals surface area contributed by atoms with E-state index in [4.69, 9.17) is 0 Å². The highest BCUT2D eigenvalue weighted by Gasteiger charge is 2.20. The normalized spacial score (nSPS) is 12.4. The summed E-state index contributed by atoms with van der Waals surface area (Å²) in [6.07, 6.45) is 0. The van der Waals surface area contributed by atoms with Crippen molar-refractivity contribution in [2.75, 3.05) is 0 Å². The molecule has 6 aromatic carbocycles. The zero-order chi connectivity index (χ0) is 26.7. The molecule has 0 spiro atoms. The van der Waals surface area contributed by atoms with E-state index in [0.29, 0.717) is 0 Å². The van der Waals surface area contributed by atoms with Crippen LogP contribution in [0.3, 0.4) is 0 Å². The average molecular weight is 539 g/mol. The van der Waals surface area contributed by atoms with Gasteiger partial charge in [-0.1, -0.05) is 97.1 Å². The number of rotatable bonds is 2. The van der Waals surface area contributed by atoms with Crippen LogP contribution in [0.2, 0.25) is 0 Å². The first kappa shape index (κ1) is 21.7. The third-order valence-corrected chi connectivity index (χ3v) is 10.0. The largest absolute Gasteiger partial charge is 0.309 e. The lowest BCUT2D eigenvalue weighted by Gasteiger charge is -2.09. The lowest BCUT2D eigenvalue weighted by Crippen LogP contribution is -1.93. The maximum Gasteiger partial charge on any atom is 0.109 e. The van der Waals surface area contributed by atoms with Gasteiger partial charge in [0.15, 0.2) is 0 Å². The van der Waals surface area contributed by atoms with Gasteiger partial charge in [-0.05, 0) is 52.7 Å². The van der Waals surface area contributed by atoms with Crippen LogP contribution in [0.25, 0.3) is 86.1 Å². The zero-order valence-corrected chi connectivity index (χ0v) is 22.8. The van der Waals surface area contributed by atoms with Crippen molar-refractivity contribution in [1.82, 2.24) is 8.97 Å². The second-order valence-electron chi connectivity index (χ2n) is 11.0. The van der Waals surface area contributed by atoms with Crippen LogP contribution in [0.4, 0.5) is 0 Å². The molecule has 41 heavy (non-hydrogen) atoms. The van der Waals surface area contributed by atoms with Crippen LogP contribution in [0.15, 0.2) is 133 Å². The molecule has 0 radical (unpaired) electrons. The Labute approximate surface area is 239 Å². The van der Waals surface area contributed by atoms with E-state index >= 15 is 0 Å². The number of benzene rings is 6. The molecule has 0 amide bonds. The third-order valence-electron chi connectivity index (χ3n) is 8.86. The SMILES string of the molecule is c1ccc(-n2c3ccccc3c3ccc(-c4cc5c6cccc7ccc8c9ccccc9n(c5s4)c8c76)cc32)cc1. The van der Waals surface area contributed by atoms with Gasteiger partial charge in [-0.15, -0.1) is 11.3 Å². The first-order chi connectivity index (χ1) is 20.3. The molecule has 2 nitrogen and oxygen atoms in total. The number of para-hydroxylation sites is 3. The van der Waals surface area contributed by atoms with Gasteiger partial charge in [0.1, 0.15) is 4.83 Å². The van der Waals surface area contributed by atoms with Gasteiger partial charge in [-0.2, -0.15) is 0 Å². The number of fused-ring (bicyclic) bond motifs is 9. The predicted molar refractivity (Wildman–Crippen MR) is 176 cm³/mol. The van der Waals surface area contributed by atoms with E-state index in [2.05, 4.69) is 142 Å². The topological polar surface area (TPSA) is 9.34 Å². The molecule has 0 saturated carbocycles. The highest BCUT2D eigenvalue weighted by Crippen LogP contribution is 2.46. The van der Waals surface area contributed by atoms with Crippen LogP contribution in [0, 0.1) is 0 Å². The van der Waals surface area contributed by atoms with E-state index in [1.165, 1.54) is 86.1 Å². The Balaban J connectivity index is 1.33. The Hall–Kier alpha value is -5.12. The lowest BCUT2D eigenvalue weighted by molar-refractivity contribution is 1.18. The fraction of sp³-hybridized carbons (Fsp3) is 0. The minimum Gasteiger partial charge on any atom is -0.309 e. The molecular weight excluding hydrogens is 516 g/mol. The molecule has 4 heterocycles. The summed E-state index contributed by atoms with van der Waals surface area (Å²) in [5.41, 5.74) is 7.52. The Kier molecular flexibility index (Phi) is 4.10. The predicted octanol–water partition coefficient (Wildman–Crippen LogP) is 10.8. The maximum atomic E-state index is 2.52. The van der Waals surface area contributed by atoms with Crippen molar-refractivity contribution < 1.29 is 0 Å². The summed E-state index contributed by atoms with van der Waals surface area (Å²) in [6, 6.07) is 49.0. The standard InChI is InChI=1S/C38H22N2S/c1-2-10-25(11-3-1)39-32-15-6-4-12-26(32)28-19-18-24(21-34(28)39)35-22-31-29-14-8-9-23-17-20-30-27-13-5-7-16-33(27)40(38(31)41-35)37(30)36(23)29/h1-22H. The monoisotopic (exact) mass is 538 g/mol. The summed E-state index contributed by atoms with van der Waals surface area (Å²) in [5.74, 6) is 0. The number of aromatic nitrogens is 2. The number of hydrogen-bond acceptors (Lipinski definition) is 1. The molecule has 0 atom stereocenters. The fourth-order valence-corrected chi connectivity index (χ4v) is 8.31. The Morgan fingerprint density at radius 1 is 0.463 bits per heavy atom. The Morgan fingerprint density at radius 3 is 2.05 bits per heavy atom. The molecule has 10 rings (SSSR count). The van der Waals surface area contributed by atoms with Crippen molar-refractivity contribution in [1.29, 1.82) is 0 Å². The number of hydrogen-bond donors (Lipinski definition) is 0. The Bertz CT molecular complexity index is 2630. The molecule has 0 saturated heterocycles. The molecule has 0 unspecified atom stereocenters. The van der Waals surface area contributed by atoms with Gasteiger partial charge >= 0.3 is 0 Å².